The number of rotatable bonds is 2. The van der Waals surface area contributed by atoms with Crippen LogP contribution in [-0.2, 0) is 4.74 Å². The quantitative estimate of drug-likeness (QED) is 0.564. The molecule has 1 aliphatic heterocycles. The Hall–Kier alpha value is -3.39. The molecule has 1 amide bonds. The van der Waals surface area contributed by atoms with E-state index in [2.05, 4.69) is 9.97 Å². The Labute approximate surface area is 166 Å². The van der Waals surface area contributed by atoms with Crippen molar-refractivity contribution in [2.24, 2.45) is 0 Å². The van der Waals surface area contributed by atoms with Gasteiger partial charge in [0, 0.05) is 19.3 Å². The third-order valence-electron chi connectivity index (χ3n) is 5.18. The van der Waals surface area contributed by atoms with Crippen LogP contribution in [0.15, 0.2) is 47.1 Å². The molecule has 0 unspecified atom stereocenters. The van der Waals surface area contributed by atoms with Gasteiger partial charge in [-0.1, -0.05) is 6.07 Å². The smallest absolute Gasteiger partial charge is 0.292 e. The molecule has 0 aliphatic carbocycles. The van der Waals surface area contributed by atoms with Gasteiger partial charge in [-0.15, -0.1) is 0 Å². The van der Waals surface area contributed by atoms with Crippen LogP contribution >= 0.6 is 0 Å². The van der Waals surface area contributed by atoms with Gasteiger partial charge in [-0.05, 0) is 49.2 Å². The number of carbonyl (C=O) groups excluding carboxylic acids is 1. The van der Waals surface area contributed by atoms with E-state index in [-0.39, 0.29) is 17.5 Å². The summed E-state index contributed by atoms with van der Waals surface area (Å²) in [6.45, 7) is 5.63. The number of morpholine rings is 1. The lowest BCUT2D eigenvalue weighted by molar-refractivity contribution is -0.0765. The summed E-state index contributed by atoms with van der Waals surface area (Å²) in [5, 5.41) is 0. The zero-order valence-corrected chi connectivity index (χ0v) is 16.3. The van der Waals surface area contributed by atoms with Gasteiger partial charge in [-0.2, -0.15) is 4.98 Å². The number of anilines is 1. The molecule has 0 saturated carbocycles. The van der Waals surface area contributed by atoms with Crippen molar-refractivity contribution in [3.63, 3.8) is 0 Å². The maximum atomic E-state index is 13.2. The number of nitrogens with two attached hydrogens (primary N) is 1. The molecule has 2 N–H and O–H groups in total. The van der Waals surface area contributed by atoms with Crippen molar-refractivity contribution in [3.8, 4) is 11.1 Å². The fraction of sp³-hybridized carbons (Fsp3) is 0.286. The maximum absolute atomic E-state index is 13.2. The summed E-state index contributed by atoms with van der Waals surface area (Å²) < 4.78 is 12.9. The van der Waals surface area contributed by atoms with E-state index in [0.717, 1.165) is 16.8 Å². The van der Waals surface area contributed by atoms with Gasteiger partial charge in [0.25, 0.3) is 11.9 Å². The number of fused-ring (bicyclic) bond motifs is 2. The van der Waals surface area contributed by atoms with Gasteiger partial charge in [0.15, 0.2) is 5.58 Å². The molecule has 0 bridgehead atoms. The summed E-state index contributed by atoms with van der Waals surface area (Å²) in [6.07, 6.45) is 3.55. The number of hydrogen-bond donors (Lipinski definition) is 1. The largest absolute Gasteiger partial charge is 0.424 e. The zero-order valence-electron chi connectivity index (χ0n) is 16.3. The number of imidazole rings is 1. The second-order valence-electron chi connectivity index (χ2n) is 7.86. The molecule has 1 aliphatic rings. The molecule has 0 spiro atoms. The number of oxazole rings is 1. The van der Waals surface area contributed by atoms with Crippen molar-refractivity contribution in [1.82, 2.24) is 19.3 Å². The highest BCUT2D eigenvalue weighted by Gasteiger charge is 2.31. The van der Waals surface area contributed by atoms with Crippen LogP contribution in [0, 0.1) is 0 Å². The standard InChI is InChI=1S/C21H21N5O3/c1-21(2)12-25(7-8-28-21)19(27)16-10-23-18-6-4-14(11-26(16)18)13-3-5-17-15(9-13)24-20(22)29-17/h3-6,9-11H,7-8,12H2,1-2H3,(H2,22,24). The molecule has 0 atom stereocenters. The number of benzene rings is 1. The minimum atomic E-state index is -0.353. The summed E-state index contributed by atoms with van der Waals surface area (Å²) in [5.41, 5.74) is 9.76. The van der Waals surface area contributed by atoms with Gasteiger partial charge in [-0.25, -0.2) is 4.98 Å². The molecule has 3 aromatic heterocycles. The molecular weight excluding hydrogens is 370 g/mol. The molecule has 1 saturated heterocycles. The number of nitrogens with zero attached hydrogens (tertiary/aromatic N) is 4. The van der Waals surface area contributed by atoms with Gasteiger partial charge in [0.05, 0.1) is 18.4 Å². The van der Waals surface area contributed by atoms with Crippen LogP contribution in [0.3, 0.4) is 0 Å². The first kappa shape index (κ1) is 17.7. The summed E-state index contributed by atoms with van der Waals surface area (Å²) in [7, 11) is 0. The monoisotopic (exact) mass is 391 g/mol. The first-order chi connectivity index (χ1) is 13.9. The van der Waals surface area contributed by atoms with Crippen LogP contribution in [0.4, 0.5) is 6.01 Å². The van der Waals surface area contributed by atoms with Gasteiger partial charge >= 0.3 is 0 Å². The van der Waals surface area contributed by atoms with E-state index in [9.17, 15) is 4.79 Å². The first-order valence-electron chi connectivity index (χ1n) is 9.46. The highest BCUT2D eigenvalue weighted by Crippen LogP contribution is 2.26. The third-order valence-corrected chi connectivity index (χ3v) is 5.18. The van der Waals surface area contributed by atoms with Crippen molar-refractivity contribution in [2.75, 3.05) is 25.4 Å². The minimum Gasteiger partial charge on any atom is -0.424 e. The van der Waals surface area contributed by atoms with E-state index in [1.165, 1.54) is 0 Å². The number of nitrogen functional groups attached to an aromatic ring is 1. The number of ether oxygens (including phenoxy) is 1. The van der Waals surface area contributed by atoms with Crippen molar-refractivity contribution < 1.29 is 13.9 Å². The Bertz CT molecular complexity index is 1240. The van der Waals surface area contributed by atoms with Crippen molar-refractivity contribution in [2.45, 2.75) is 19.4 Å². The van der Waals surface area contributed by atoms with Gasteiger partial charge in [0.2, 0.25) is 0 Å². The van der Waals surface area contributed by atoms with Gasteiger partial charge in [-0.3, -0.25) is 9.20 Å². The molecule has 29 heavy (non-hydrogen) atoms. The van der Waals surface area contributed by atoms with Gasteiger partial charge in [0.1, 0.15) is 16.9 Å². The fourth-order valence-electron chi connectivity index (χ4n) is 3.79. The third kappa shape index (κ3) is 3.11. The maximum Gasteiger partial charge on any atom is 0.292 e. The molecule has 4 aromatic rings. The lowest BCUT2D eigenvalue weighted by atomic mass is 10.1. The number of carbonyl (C=O) groups is 1. The average molecular weight is 391 g/mol. The lowest BCUT2D eigenvalue weighted by Gasteiger charge is -2.38. The van der Waals surface area contributed by atoms with E-state index in [1.807, 2.05) is 59.7 Å². The number of pyridine rings is 1. The molecule has 5 rings (SSSR count). The zero-order chi connectivity index (χ0) is 20.2. The lowest BCUT2D eigenvalue weighted by Crippen LogP contribution is -2.50. The van der Waals surface area contributed by atoms with E-state index in [4.69, 9.17) is 14.9 Å². The van der Waals surface area contributed by atoms with E-state index in [0.29, 0.717) is 36.5 Å². The summed E-state index contributed by atoms with van der Waals surface area (Å²) in [6, 6.07) is 9.71. The molecule has 8 heteroatoms. The van der Waals surface area contributed by atoms with Crippen molar-refractivity contribution in [1.29, 1.82) is 0 Å². The number of aromatic nitrogens is 3. The Morgan fingerprint density at radius 1 is 1.21 bits per heavy atom. The van der Waals surface area contributed by atoms with Gasteiger partial charge < -0.3 is 19.8 Å². The van der Waals surface area contributed by atoms with Crippen LogP contribution in [0.5, 0.6) is 0 Å². The molecule has 1 aromatic carbocycles. The predicted molar refractivity (Wildman–Crippen MR) is 109 cm³/mol. The normalized spacial score (nSPS) is 16.6. The second-order valence-corrected chi connectivity index (χ2v) is 7.86. The second kappa shape index (κ2) is 6.31. The average Bonchev–Trinajstić information content (AvgIpc) is 3.27. The SMILES string of the molecule is CC1(C)CN(C(=O)c2cnc3ccc(-c4ccc5oc(N)nc5c4)cn23)CCO1. The Morgan fingerprint density at radius 2 is 2.03 bits per heavy atom. The highest BCUT2D eigenvalue weighted by molar-refractivity contribution is 5.93. The molecule has 4 heterocycles. The highest BCUT2D eigenvalue weighted by atomic mass is 16.5. The van der Waals surface area contributed by atoms with Crippen LogP contribution < -0.4 is 5.73 Å². The summed E-state index contributed by atoms with van der Waals surface area (Å²) >= 11 is 0. The van der Waals surface area contributed by atoms with Crippen LogP contribution in [0.1, 0.15) is 24.3 Å². The molecule has 1 fully saturated rings. The van der Waals surface area contributed by atoms with Crippen LogP contribution in [0.25, 0.3) is 27.9 Å². The summed E-state index contributed by atoms with van der Waals surface area (Å²) in [5.74, 6) is -0.0502. The topological polar surface area (TPSA) is 98.9 Å². The summed E-state index contributed by atoms with van der Waals surface area (Å²) in [4.78, 5) is 23.6. The minimum absolute atomic E-state index is 0.0502. The van der Waals surface area contributed by atoms with E-state index >= 15 is 0 Å². The number of amides is 1. The van der Waals surface area contributed by atoms with Crippen molar-refractivity contribution >= 4 is 28.7 Å². The van der Waals surface area contributed by atoms with Crippen LogP contribution in [-0.4, -0.2) is 50.5 Å². The van der Waals surface area contributed by atoms with Crippen LogP contribution in [0.2, 0.25) is 0 Å². The Balaban J connectivity index is 1.53. The molecule has 0 radical (unpaired) electrons. The fourth-order valence-corrected chi connectivity index (χ4v) is 3.79. The number of hydrogen-bond acceptors (Lipinski definition) is 6. The molecule has 148 valence electrons. The Kier molecular flexibility index (Phi) is 3.85. The van der Waals surface area contributed by atoms with E-state index in [1.54, 1.807) is 6.20 Å². The van der Waals surface area contributed by atoms with Crippen molar-refractivity contribution in [3.05, 3.63) is 48.4 Å². The predicted octanol–water partition coefficient (Wildman–Crippen LogP) is 2.98. The Morgan fingerprint density at radius 3 is 2.86 bits per heavy atom. The van der Waals surface area contributed by atoms with E-state index < -0.39 is 0 Å². The molecular formula is C21H21N5O3. The first-order valence-corrected chi connectivity index (χ1v) is 9.46. The molecule has 8 nitrogen and oxygen atoms in total.